The van der Waals surface area contributed by atoms with Gasteiger partial charge in [-0.1, -0.05) is 19.1 Å². The van der Waals surface area contributed by atoms with Gasteiger partial charge in [0, 0.05) is 31.9 Å². The molecular formula is C22H28N2O2. The molecule has 2 N–H and O–H groups in total. The number of nitrogens with one attached hydrogen (secondary N) is 1. The van der Waals surface area contributed by atoms with Gasteiger partial charge in [0.2, 0.25) is 0 Å². The Hall–Kier alpha value is -2.75. The molecule has 26 heavy (non-hydrogen) atoms. The predicted octanol–water partition coefficient (Wildman–Crippen LogP) is 4.39. The Morgan fingerprint density at radius 2 is 1.62 bits per heavy atom. The lowest BCUT2D eigenvalue weighted by atomic mass is 10.0. The fourth-order valence-corrected chi connectivity index (χ4v) is 2.74. The molecule has 2 aromatic carbocycles. The molecule has 2 rings (SSSR count). The summed E-state index contributed by atoms with van der Waals surface area (Å²) in [6, 6.07) is 9.74. The van der Waals surface area contributed by atoms with Crippen LogP contribution in [0.25, 0.3) is 12.2 Å². The number of amides is 1. The van der Waals surface area contributed by atoms with E-state index in [9.17, 15) is 9.90 Å². The van der Waals surface area contributed by atoms with Crippen molar-refractivity contribution in [3.63, 3.8) is 0 Å². The molecule has 0 atom stereocenters. The summed E-state index contributed by atoms with van der Waals surface area (Å²) >= 11 is 0. The van der Waals surface area contributed by atoms with Gasteiger partial charge >= 0.3 is 0 Å². The number of anilines is 1. The van der Waals surface area contributed by atoms with Gasteiger partial charge in [0.15, 0.2) is 0 Å². The van der Waals surface area contributed by atoms with Gasteiger partial charge in [-0.15, -0.1) is 0 Å². The van der Waals surface area contributed by atoms with Crippen molar-refractivity contribution in [1.82, 2.24) is 5.32 Å². The number of hydrogen-bond acceptors (Lipinski definition) is 3. The molecule has 0 unspecified atom stereocenters. The van der Waals surface area contributed by atoms with E-state index in [4.69, 9.17) is 0 Å². The van der Waals surface area contributed by atoms with Crippen LogP contribution >= 0.6 is 0 Å². The largest absolute Gasteiger partial charge is 0.507 e. The number of carbonyl (C=O) groups excluding carboxylic acids is 1. The van der Waals surface area contributed by atoms with Crippen LogP contribution < -0.4 is 10.2 Å². The predicted molar refractivity (Wildman–Crippen MR) is 110 cm³/mol. The Labute approximate surface area is 156 Å². The fraction of sp³-hybridized carbons (Fsp3) is 0.318. The minimum Gasteiger partial charge on any atom is -0.507 e. The average Bonchev–Trinajstić information content (AvgIpc) is 2.61. The van der Waals surface area contributed by atoms with E-state index in [0.29, 0.717) is 17.9 Å². The van der Waals surface area contributed by atoms with Crippen molar-refractivity contribution in [3.8, 4) is 5.75 Å². The Morgan fingerprint density at radius 1 is 1.04 bits per heavy atom. The quantitative estimate of drug-likeness (QED) is 0.758. The summed E-state index contributed by atoms with van der Waals surface area (Å²) in [5.74, 6) is 0.285. The highest BCUT2D eigenvalue weighted by Gasteiger charge is 2.09. The SMILES string of the molecule is CCCNC(=O)c1cc(/C=C/c2cc(C)c(O)c(C)c2)cc(N(C)C)c1. The van der Waals surface area contributed by atoms with E-state index >= 15 is 0 Å². The van der Waals surface area contributed by atoms with E-state index in [2.05, 4.69) is 5.32 Å². The second-order valence-corrected chi connectivity index (χ2v) is 6.80. The monoisotopic (exact) mass is 352 g/mol. The topological polar surface area (TPSA) is 52.6 Å². The van der Waals surface area contributed by atoms with Crippen LogP contribution in [0.4, 0.5) is 5.69 Å². The number of nitrogens with zero attached hydrogens (tertiary/aromatic N) is 1. The smallest absolute Gasteiger partial charge is 0.251 e. The van der Waals surface area contributed by atoms with E-state index in [0.717, 1.165) is 34.4 Å². The van der Waals surface area contributed by atoms with E-state index in [1.807, 2.05) is 82.3 Å². The van der Waals surface area contributed by atoms with Crippen molar-refractivity contribution in [3.05, 3.63) is 58.1 Å². The van der Waals surface area contributed by atoms with Gasteiger partial charge in [-0.2, -0.15) is 0 Å². The van der Waals surface area contributed by atoms with Crippen LogP contribution in [-0.2, 0) is 0 Å². The molecule has 0 aliphatic carbocycles. The molecule has 0 heterocycles. The molecule has 4 heteroatoms. The van der Waals surface area contributed by atoms with Crippen molar-refractivity contribution in [2.75, 3.05) is 25.5 Å². The maximum atomic E-state index is 12.4. The molecule has 4 nitrogen and oxygen atoms in total. The highest BCUT2D eigenvalue weighted by atomic mass is 16.3. The minimum absolute atomic E-state index is 0.0541. The highest BCUT2D eigenvalue weighted by molar-refractivity contribution is 5.96. The highest BCUT2D eigenvalue weighted by Crippen LogP contribution is 2.25. The average molecular weight is 352 g/mol. The minimum atomic E-state index is -0.0541. The van der Waals surface area contributed by atoms with E-state index in [1.54, 1.807) is 0 Å². The summed E-state index contributed by atoms with van der Waals surface area (Å²) in [6.45, 7) is 6.49. The van der Waals surface area contributed by atoms with Gasteiger partial charge < -0.3 is 15.3 Å². The summed E-state index contributed by atoms with van der Waals surface area (Å²) in [4.78, 5) is 14.3. The zero-order valence-electron chi connectivity index (χ0n) is 16.3. The van der Waals surface area contributed by atoms with Gasteiger partial charge in [0.25, 0.3) is 5.91 Å². The first-order valence-corrected chi connectivity index (χ1v) is 8.90. The molecule has 2 aromatic rings. The maximum absolute atomic E-state index is 12.4. The Morgan fingerprint density at radius 3 is 2.15 bits per heavy atom. The number of benzene rings is 2. The fourth-order valence-electron chi connectivity index (χ4n) is 2.74. The molecule has 1 amide bonds. The molecule has 0 fully saturated rings. The van der Waals surface area contributed by atoms with Crippen molar-refractivity contribution in [1.29, 1.82) is 0 Å². The first-order valence-electron chi connectivity index (χ1n) is 8.90. The first kappa shape index (κ1) is 19.6. The van der Waals surface area contributed by atoms with Crippen molar-refractivity contribution in [2.24, 2.45) is 0 Å². The number of aryl methyl sites for hydroxylation is 2. The summed E-state index contributed by atoms with van der Waals surface area (Å²) in [7, 11) is 3.92. The number of hydrogen-bond donors (Lipinski definition) is 2. The zero-order chi connectivity index (χ0) is 19.3. The Bertz CT molecular complexity index is 800. The van der Waals surface area contributed by atoms with Crippen LogP contribution in [0.2, 0.25) is 0 Å². The Kier molecular flexibility index (Phi) is 6.45. The van der Waals surface area contributed by atoms with Gasteiger partial charge in [-0.25, -0.2) is 0 Å². The normalized spacial score (nSPS) is 11.0. The standard InChI is InChI=1S/C22H28N2O2/c1-6-9-23-22(26)19-12-18(13-20(14-19)24(4)5)8-7-17-10-15(2)21(25)16(3)11-17/h7-8,10-14,25H,6,9H2,1-5H3,(H,23,26)/b8-7+. The van der Waals surface area contributed by atoms with Gasteiger partial charge in [-0.3, -0.25) is 4.79 Å². The summed E-state index contributed by atoms with van der Waals surface area (Å²) in [6.07, 6.45) is 4.90. The van der Waals surface area contributed by atoms with E-state index in [-0.39, 0.29) is 5.91 Å². The van der Waals surface area contributed by atoms with E-state index < -0.39 is 0 Å². The number of phenols is 1. The van der Waals surface area contributed by atoms with E-state index in [1.165, 1.54) is 0 Å². The summed E-state index contributed by atoms with van der Waals surface area (Å²) < 4.78 is 0. The number of carbonyl (C=O) groups is 1. The molecule has 0 aliphatic heterocycles. The molecule has 138 valence electrons. The van der Waals surface area contributed by atoms with Gasteiger partial charge in [0.1, 0.15) is 5.75 Å². The van der Waals surface area contributed by atoms with Crippen LogP contribution in [0.3, 0.4) is 0 Å². The lowest BCUT2D eigenvalue weighted by Crippen LogP contribution is -2.24. The van der Waals surface area contributed by atoms with Crippen LogP contribution in [0.5, 0.6) is 5.75 Å². The molecule has 0 aromatic heterocycles. The second kappa shape index (κ2) is 8.56. The first-order chi connectivity index (χ1) is 12.3. The van der Waals surface area contributed by atoms with Crippen LogP contribution in [-0.4, -0.2) is 31.7 Å². The third-order valence-electron chi connectivity index (χ3n) is 4.24. The molecule has 0 radical (unpaired) electrons. The van der Waals surface area contributed by atoms with Crippen LogP contribution in [0, 0.1) is 13.8 Å². The van der Waals surface area contributed by atoms with Crippen molar-refractivity contribution in [2.45, 2.75) is 27.2 Å². The lowest BCUT2D eigenvalue weighted by Gasteiger charge is -2.15. The molecule has 0 spiro atoms. The second-order valence-electron chi connectivity index (χ2n) is 6.80. The summed E-state index contributed by atoms with van der Waals surface area (Å²) in [5, 5.41) is 12.8. The molecular weight excluding hydrogens is 324 g/mol. The third kappa shape index (κ3) is 4.88. The Balaban J connectivity index is 2.36. The zero-order valence-corrected chi connectivity index (χ0v) is 16.3. The number of aromatic hydroxyl groups is 1. The van der Waals surface area contributed by atoms with Gasteiger partial charge in [0.05, 0.1) is 0 Å². The van der Waals surface area contributed by atoms with Crippen LogP contribution in [0.1, 0.15) is 46.0 Å². The van der Waals surface area contributed by atoms with Crippen molar-refractivity contribution < 1.29 is 9.90 Å². The van der Waals surface area contributed by atoms with Crippen molar-refractivity contribution >= 4 is 23.7 Å². The number of phenolic OH excluding ortho intramolecular Hbond substituents is 1. The lowest BCUT2D eigenvalue weighted by molar-refractivity contribution is 0.0953. The van der Waals surface area contributed by atoms with Crippen LogP contribution in [0.15, 0.2) is 30.3 Å². The summed E-state index contributed by atoms with van der Waals surface area (Å²) in [5.41, 5.74) is 5.32. The maximum Gasteiger partial charge on any atom is 0.251 e. The molecule has 0 saturated carbocycles. The van der Waals surface area contributed by atoms with Gasteiger partial charge in [-0.05, 0) is 72.9 Å². The molecule has 0 saturated heterocycles. The number of rotatable bonds is 6. The molecule has 0 aliphatic rings. The molecule has 0 bridgehead atoms. The third-order valence-corrected chi connectivity index (χ3v) is 4.24.